The molecule has 14 heavy (non-hydrogen) atoms. The van der Waals surface area contributed by atoms with Gasteiger partial charge in [0, 0.05) is 5.56 Å². The second-order valence-electron chi connectivity index (χ2n) is 3.06. The topological polar surface area (TPSA) is 64.7 Å². The summed E-state index contributed by atoms with van der Waals surface area (Å²) in [5.41, 5.74) is 8.05. The van der Waals surface area contributed by atoms with E-state index >= 15 is 0 Å². The molecular weight excluding hydrogens is 180 g/mol. The van der Waals surface area contributed by atoms with Crippen LogP contribution in [0.3, 0.4) is 0 Å². The number of amidine groups is 1. The summed E-state index contributed by atoms with van der Waals surface area (Å²) in [7, 11) is 1.35. The van der Waals surface area contributed by atoms with Crippen molar-refractivity contribution >= 4 is 11.8 Å². The van der Waals surface area contributed by atoms with Crippen LogP contribution in [0.4, 0.5) is 0 Å². The fraction of sp³-hybridized carbons (Fsp3) is 0.200. The van der Waals surface area contributed by atoms with Gasteiger partial charge in [-0.2, -0.15) is 0 Å². The summed E-state index contributed by atoms with van der Waals surface area (Å²) in [6, 6.07) is 5.29. The third-order valence-corrected chi connectivity index (χ3v) is 2.23. The average molecular weight is 190 g/mol. The predicted octanol–water partition coefficient (Wildman–Crippen LogP) is 0.692. The summed E-state index contributed by atoms with van der Waals surface area (Å²) in [5.74, 6) is 0.137. The number of nitrogens with zero attached hydrogens (tertiary/aromatic N) is 1. The van der Waals surface area contributed by atoms with E-state index in [-0.39, 0.29) is 5.97 Å². The van der Waals surface area contributed by atoms with Gasteiger partial charge in [-0.3, -0.25) is 4.99 Å². The standard InChI is InChI=1S/C10H10N2O2/c1-14-10(13)6-2-3-7-5-12-9(11)8(7)4-6/h2-4H,5H2,1H3,(H2,11,12). The maximum absolute atomic E-state index is 11.2. The maximum atomic E-state index is 11.2. The third kappa shape index (κ3) is 1.25. The van der Waals surface area contributed by atoms with Crippen LogP contribution in [0, 0.1) is 0 Å². The van der Waals surface area contributed by atoms with Crippen LogP contribution in [0.2, 0.25) is 0 Å². The van der Waals surface area contributed by atoms with Crippen molar-refractivity contribution < 1.29 is 9.53 Å². The Morgan fingerprint density at radius 3 is 3.07 bits per heavy atom. The lowest BCUT2D eigenvalue weighted by atomic mass is 10.1. The Bertz CT molecular complexity index is 424. The monoisotopic (exact) mass is 190 g/mol. The number of benzene rings is 1. The molecule has 0 saturated carbocycles. The highest BCUT2D eigenvalue weighted by molar-refractivity contribution is 6.03. The fourth-order valence-electron chi connectivity index (χ4n) is 1.45. The quantitative estimate of drug-likeness (QED) is 0.662. The van der Waals surface area contributed by atoms with Crippen LogP contribution in [0.5, 0.6) is 0 Å². The number of fused-ring (bicyclic) bond motifs is 1. The van der Waals surface area contributed by atoms with Crippen LogP contribution in [-0.2, 0) is 11.3 Å². The summed E-state index contributed by atoms with van der Waals surface area (Å²) in [6.45, 7) is 0.600. The predicted molar refractivity (Wildman–Crippen MR) is 52.2 cm³/mol. The van der Waals surface area contributed by atoms with Gasteiger partial charge in [-0.25, -0.2) is 4.79 Å². The van der Waals surface area contributed by atoms with E-state index in [1.54, 1.807) is 12.1 Å². The zero-order valence-electron chi connectivity index (χ0n) is 7.78. The Kier molecular flexibility index (Phi) is 1.96. The largest absolute Gasteiger partial charge is 0.465 e. The molecule has 0 spiro atoms. The van der Waals surface area contributed by atoms with Gasteiger partial charge in [0.15, 0.2) is 0 Å². The van der Waals surface area contributed by atoms with Gasteiger partial charge in [0.2, 0.25) is 0 Å². The number of aliphatic imine (C=N–C) groups is 1. The Morgan fingerprint density at radius 1 is 1.57 bits per heavy atom. The first-order valence-electron chi connectivity index (χ1n) is 4.24. The van der Waals surface area contributed by atoms with Crippen LogP contribution in [0.15, 0.2) is 23.2 Å². The van der Waals surface area contributed by atoms with Crippen molar-refractivity contribution in [3.8, 4) is 0 Å². The normalized spacial score (nSPS) is 13.4. The number of ether oxygens (including phenoxy) is 1. The Hall–Kier alpha value is -1.84. The molecule has 1 aromatic rings. The summed E-state index contributed by atoms with van der Waals surface area (Å²) in [4.78, 5) is 15.3. The van der Waals surface area contributed by atoms with Crippen LogP contribution >= 0.6 is 0 Å². The van der Waals surface area contributed by atoms with Gasteiger partial charge in [-0.15, -0.1) is 0 Å². The van der Waals surface area contributed by atoms with Crippen molar-refractivity contribution in [3.05, 3.63) is 34.9 Å². The minimum Gasteiger partial charge on any atom is -0.465 e. The molecule has 1 heterocycles. The Labute approximate surface area is 81.4 Å². The molecule has 0 saturated heterocycles. The highest BCUT2D eigenvalue weighted by Gasteiger charge is 2.15. The molecule has 0 radical (unpaired) electrons. The molecule has 2 N–H and O–H groups in total. The third-order valence-electron chi connectivity index (χ3n) is 2.23. The molecule has 4 nitrogen and oxygen atoms in total. The Balaban J connectivity index is 2.44. The van der Waals surface area contributed by atoms with Gasteiger partial charge in [-0.05, 0) is 17.7 Å². The lowest BCUT2D eigenvalue weighted by molar-refractivity contribution is 0.0600. The smallest absolute Gasteiger partial charge is 0.337 e. The van der Waals surface area contributed by atoms with Gasteiger partial charge in [0.05, 0.1) is 19.2 Å². The number of esters is 1. The Morgan fingerprint density at radius 2 is 2.36 bits per heavy atom. The minimum atomic E-state index is -0.354. The summed E-state index contributed by atoms with van der Waals surface area (Å²) in [6.07, 6.45) is 0. The molecule has 0 atom stereocenters. The SMILES string of the molecule is COC(=O)c1ccc2c(c1)C(N)=NC2. The number of nitrogens with two attached hydrogens (primary N) is 1. The lowest BCUT2D eigenvalue weighted by Gasteiger charge is -2.02. The van der Waals surface area contributed by atoms with E-state index in [4.69, 9.17) is 5.73 Å². The highest BCUT2D eigenvalue weighted by atomic mass is 16.5. The number of hydrogen-bond acceptors (Lipinski definition) is 4. The molecule has 0 fully saturated rings. The molecule has 0 unspecified atom stereocenters. The zero-order chi connectivity index (χ0) is 10.1. The van der Waals surface area contributed by atoms with Gasteiger partial charge >= 0.3 is 5.97 Å². The highest BCUT2D eigenvalue weighted by Crippen LogP contribution is 2.18. The van der Waals surface area contributed by atoms with Crippen LogP contribution in [0.25, 0.3) is 0 Å². The summed E-state index contributed by atoms with van der Waals surface area (Å²) < 4.78 is 4.61. The van der Waals surface area contributed by atoms with Gasteiger partial charge < -0.3 is 10.5 Å². The molecule has 72 valence electrons. The van der Waals surface area contributed by atoms with Crippen molar-refractivity contribution in [1.29, 1.82) is 0 Å². The second-order valence-corrected chi connectivity index (χ2v) is 3.06. The van der Waals surface area contributed by atoms with Crippen molar-refractivity contribution in [1.82, 2.24) is 0 Å². The number of rotatable bonds is 1. The first-order valence-corrected chi connectivity index (χ1v) is 4.24. The molecule has 1 aliphatic heterocycles. The van der Waals surface area contributed by atoms with Crippen LogP contribution in [0.1, 0.15) is 21.5 Å². The molecule has 0 aromatic heterocycles. The zero-order valence-corrected chi connectivity index (χ0v) is 7.78. The molecule has 0 amide bonds. The van der Waals surface area contributed by atoms with Crippen LogP contribution in [-0.4, -0.2) is 18.9 Å². The molecular formula is C10H10N2O2. The van der Waals surface area contributed by atoms with Gasteiger partial charge in [0.25, 0.3) is 0 Å². The molecule has 0 bridgehead atoms. The molecule has 2 rings (SSSR count). The van der Waals surface area contributed by atoms with Crippen LogP contribution < -0.4 is 5.73 Å². The number of hydrogen-bond donors (Lipinski definition) is 1. The van der Waals surface area contributed by atoms with Gasteiger partial charge in [-0.1, -0.05) is 6.07 Å². The summed E-state index contributed by atoms with van der Waals surface area (Å²) >= 11 is 0. The first kappa shape index (κ1) is 8.74. The molecule has 1 aromatic carbocycles. The van der Waals surface area contributed by atoms with E-state index in [9.17, 15) is 4.79 Å². The second kappa shape index (κ2) is 3.14. The van der Waals surface area contributed by atoms with Crippen molar-refractivity contribution in [2.75, 3.05) is 7.11 Å². The van der Waals surface area contributed by atoms with Crippen molar-refractivity contribution in [2.24, 2.45) is 10.7 Å². The summed E-state index contributed by atoms with van der Waals surface area (Å²) in [5, 5.41) is 0. The first-order chi connectivity index (χ1) is 6.72. The maximum Gasteiger partial charge on any atom is 0.337 e. The lowest BCUT2D eigenvalue weighted by Crippen LogP contribution is -2.12. The van der Waals surface area contributed by atoms with E-state index in [1.165, 1.54) is 7.11 Å². The van der Waals surface area contributed by atoms with Gasteiger partial charge in [0.1, 0.15) is 5.84 Å². The van der Waals surface area contributed by atoms with E-state index < -0.39 is 0 Å². The van der Waals surface area contributed by atoms with Crippen molar-refractivity contribution in [2.45, 2.75) is 6.54 Å². The number of carbonyl (C=O) groups excluding carboxylic acids is 1. The van der Waals surface area contributed by atoms with E-state index in [0.29, 0.717) is 17.9 Å². The number of methoxy groups -OCH3 is 1. The molecule has 1 aliphatic rings. The molecule has 4 heteroatoms. The average Bonchev–Trinajstić information content (AvgIpc) is 2.59. The van der Waals surface area contributed by atoms with E-state index in [0.717, 1.165) is 11.1 Å². The fourth-order valence-corrected chi connectivity index (χ4v) is 1.45. The number of carbonyl (C=O) groups is 1. The van der Waals surface area contributed by atoms with E-state index in [2.05, 4.69) is 9.73 Å². The minimum absolute atomic E-state index is 0.354. The molecule has 0 aliphatic carbocycles. The van der Waals surface area contributed by atoms with Crippen molar-refractivity contribution in [3.63, 3.8) is 0 Å². The van der Waals surface area contributed by atoms with E-state index in [1.807, 2.05) is 6.07 Å².